The van der Waals surface area contributed by atoms with Gasteiger partial charge in [-0.15, -0.1) is 0 Å². The third kappa shape index (κ3) is 4.35. The van der Waals surface area contributed by atoms with E-state index in [4.69, 9.17) is 5.26 Å². The number of likely N-dealkylation sites (N-methyl/N-ethyl adjacent to an activating group) is 1. The highest BCUT2D eigenvalue weighted by Crippen LogP contribution is 2.14. The van der Waals surface area contributed by atoms with E-state index in [1.54, 1.807) is 0 Å². The molecule has 0 saturated heterocycles. The largest absolute Gasteiger partial charge is 0.362 e. The number of para-hydroxylation sites is 1. The Morgan fingerprint density at radius 2 is 1.82 bits per heavy atom. The topological polar surface area (TPSA) is 56.1 Å². The molecule has 0 spiro atoms. The summed E-state index contributed by atoms with van der Waals surface area (Å²) in [6.07, 6.45) is 0.381. The van der Waals surface area contributed by atoms with Gasteiger partial charge in [-0.05, 0) is 36.8 Å². The first kappa shape index (κ1) is 15.6. The predicted octanol–water partition coefficient (Wildman–Crippen LogP) is 3.22. The highest BCUT2D eigenvalue weighted by Gasteiger charge is 2.09. The van der Waals surface area contributed by atoms with Crippen LogP contribution < -0.4 is 10.2 Å². The summed E-state index contributed by atoms with van der Waals surface area (Å²) in [7, 11) is 0. The zero-order valence-electron chi connectivity index (χ0n) is 12.6. The molecule has 4 heteroatoms. The molecule has 0 unspecified atom stereocenters. The molecule has 2 aromatic carbocycles. The number of nitrogens with zero attached hydrogens (tertiary/aromatic N) is 2. The maximum Gasteiger partial charge on any atom is 0.243 e. The Morgan fingerprint density at radius 3 is 2.41 bits per heavy atom. The fourth-order valence-electron chi connectivity index (χ4n) is 2.20. The van der Waals surface area contributed by atoms with Gasteiger partial charge in [0.25, 0.3) is 0 Å². The molecule has 2 rings (SSSR count). The van der Waals surface area contributed by atoms with E-state index in [9.17, 15) is 4.79 Å². The van der Waals surface area contributed by atoms with E-state index >= 15 is 0 Å². The molecule has 0 heterocycles. The minimum absolute atomic E-state index is 0.0567. The fourth-order valence-corrected chi connectivity index (χ4v) is 2.20. The van der Waals surface area contributed by atoms with Gasteiger partial charge >= 0.3 is 0 Å². The van der Waals surface area contributed by atoms with Gasteiger partial charge in [0.05, 0.1) is 19.0 Å². The van der Waals surface area contributed by atoms with Crippen molar-refractivity contribution in [3.05, 3.63) is 60.2 Å². The first-order chi connectivity index (χ1) is 10.7. The van der Waals surface area contributed by atoms with Crippen LogP contribution in [0.3, 0.4) is 0 Å². The molecule has 0 aliphatic carbocycles. The monoisotopic (exact) mass is 293 g/mol. The second kappa shape index (κ2) is 7.84. The van der Waals surface area contributed by atoms with Gasteiger partial charge in [0.1, 0.15) is 0 Å². The SMILES string of the molecule is CCN(CC(=O)Nc1ccc(CC#N)cc1)c1ccccc1. The lowest BCUT2D eigenvalue weighted by Gasteiger charge is -2.22. The number of hydrogen-bond donors (Lipinski definition) is 1. The van der Waals surface area contributed by atoms with E-state index in [0.29, 0.717) is 13.0 Å². The molecule has 0 bridgehead atoms. The summed E-state index contributed by atoms with van der Waals surface area (Å²) in [6.45, 7) is 3.09. The van der Waals surface area contributed by atoms with Crippen LogP contribution in [0.5, 0.6) is 0 Å². The van der Waals surface area contributed by atoms with Crippen molar-refractivity contribution in [3.63, 3.8) is 0 Å². The maximum atomic E-state index is 12.2. The van der Waals surface area contributed by atoms with Crippen molar-refractivity contribution in [1.29, 1.82) is 5.26 Å². The zero-order valence-corrected chi connectivity index (χ0v) is 12.6. The molecule has 0 aromatic heterocycles. The van der Waals surface area contributed by atoms with Crippen LogP contribution in [0.1, 0.15) is 12.5 Å². The summed E-state index contributed by atoms with van der Waals surface area (Å²) in [5, 5.41) is 11.5. The van der Waals surface area contributed by atoms with Gasteiger partial charge in [-0.3, -0.25) is 4.79 Å². The average Bonchev–Trinajstić information content (AvgIpc) is 2.55. The Hall–Kier alpha value is -2.80. The van der Waals surface area contributed by atoms with Crippen LogP contribution in [0.2, 0.25) is 0 Å². The van der Waals surface area contributed by atoms with Crippen LogP contribution >= 0.6 is 0 Å². The summed E-state index contributed by atoms with van der Waals surface area (Å²) in [4.78, 5) is 14.2. The second-order valence-corrected chi connectivity index (χ2v) is 4.93. The summed E-state index contributed by atoms with van der Waals surface area (Å²) >= 11 is 0. The summed E-state index contributed by atoms with van der Waals surface area (Å²) in [5.74, 6) is -0.0567. The number of nitriles is 1. The van der Waals surface area contributed by atoms with Crippen molar-refractivity contribution in [2.75, 3.05) is 23.3 Å². The standard InChI is InChI=1S/C18H19N3O/c1-2-21(17-6-4-3-5-7-17)14-18(22)20-16-10-8-15(9-11-16)12-13-19/h3-11H,2,12,14H2,1H3,(H,20,22). The molecule has 1 amide bonds. The van der Waals surface area contributed by atoms with Crippen LogP contribution in [0.4, 0.5) is 11.4 Å². The minimum atomic E-state index is -0.0567. The first-order valence-corrected chi connectivity index (χ1v) is 7.28. The van der Waals surface area contributed by atoms with Gasteiger partial charge in [0.15, 0.2) is 0 Å². The number of benzene rings is 2. The van der Waals surface area contributed by atoms with Crippen LogP contribution in [-0.4, -0.2) is 19.0 Å². The van der Waals surface area contributed by atoms with E-state index in [2.05, 4.69) is 11.4 Å². The zero-order chi connectivity index (χ0) is 15.8. The Balaban J connectivity index is 1.95. The van der Waals surface area contributed by atoms with E-state index in [0.717, 1.165) is 23.5 Å². The number of carbonyl (C=O) groups is 1. The summed E-state index contributed by atoms with van der Waals surface area (Å²) in [6, 6.07) is 19.3. The minimum Gasteiger partial charge on any atom is -0.362 e. The quantitative estimate of drug-likeness (QED) is 0.889. The molecular weight excluding hydrogens is 274 g/mol. The number of rotatable bonds is 6. The van der Waals surface area contributed by atoms with Gasteiger partial charge < -0.3 is 10.2 Å². The van der Waals surface area contributed by atoms with Crippen molar-refractivity contribution in [3.8, 4) is 6.07 Å². The van der Waals surface area contributed by atoms with Gasteiger partial charge in [0, 0.05) is 17.9 Å². The van der Waals surface area contributed by atoms with Crippen LogP contribution in [0, 0.1) is 11.3 Å². The molecule has 22 heavy (non-hydrogen) atoms. The van der Waals surface area contributed by atoms with Gasteiger partial charge in [0.2, 0.25) is 5.91 Å². The van der Waals surface area contributed by atoms with Crippen molar-refractivity contribution >= 4 is 17.3 Å². The molecule has 112 valence electrons. The Kier molecular flexibility index (Phi) is 5.56. The third-order valence-corrected chi connectivity index (χ3v) is 3.36. The van der Waals surface area contributed by atoms with E-state index in [1.807, 2.05) is 66.4 Å². The predicted molar refractivity (Wildman–Crippen MR) is 88.7 cm³/mol. The van der Waals surface area contributed by atoms with E-state index in [-0.39, 0.29) is 5.91 Å². The molecule has 2 aromatic rings. The van der Waals surface area contributed by atoms with Crippen molar-refractivity contribution < 1.29 is 4.79 Å². The van der Waals surface area contributed by atoms with E-state index in [1.165, 1.54) is 0 Å². The molecule has 1 N–H and O–H groups in total. The van der Waals surface area contributed by atoms with Crippen LogP contribution in [-0.2, 0) is 11.2 Å². The van der Waals surface area contributed by atoms with E-state index < -0.39 is 0 Å². The smallest absolute Gasteiger partial charge is 0.243 e. The molecule has 0 saturated carbocycles. The Labute approximate surface area is 131 Å². The first-order valence-electron chi connectivity index (χ1n) is 7.28. The van der Waals surface area contributed by atoms with Crippen LogP contribution in [0.15, 0.2) is 54.6 Å². The highest BCUT2D eigenvalue weighted by molar-refractivity contribution is 5.94. The van der Waals surface area contributed by atoms with Gasteiger partial charge in [-0.1, -0.05) is 30.3 Å². The lowest BCUT2D eigenvalue weighted by Crippen LogP contribution is -2.33. The van der Waals surface area contributed by atoms with Crippen molar-refractivity contribution in [1.82, 2.24) is 0 Å². The maximum absolute atomic E-state index is 12.2. The molecule has 0 fully saturated rings. The number of nitrogens with one attached hydrogen (secondary N) is 1. The number of hydrogen-bond acceptors (Lipinski definition) is 3. The highest BCUT2D eigenvalue weighted by atomic mass is 16.2. The lowest BCUT2D eigenvalue weighted by molar-refractivity contribution is -0.115. The molecular formula is C18H19N3O. The molecule has 0 atom stereocenters. The lowest BCUT2D eigenvalue weighted by atomic mass is 10.1. The normalized spacial score (nSPS) is 9.82. The molecule has 4 nitrogen and oxygen atoms in total. The van der Waals surface area contributed by atoms with Crippen molar-refractivity contribution in [2.24, 2.45) is 0 Å². The van der Waals surface area contributed by atoms with Crippen molar-refractivity contribution in [2.45, 2.75) is 13.3 Å². The summed E-state index contributed by atoms with van der Waals surface area (Å²) < 4.78 is 0. The number of anilines is 2. The second-order valence-electron chi connectivity index (χ2n) is 4.93. The fraction of sp³-hybridized carbons (Fsp3) is 0.222. The molecule has 0 aliphatic heterocycles. The van der Waals surface area contributed by atoms with Gasteiger partial charge in [-0.25, -0.2) is 0 Å². The number of amides is 1. The average molecular weight is 293 g/mol. The third-order valence-electron chi connectivity index (χ3n) is 3.36. The summed E-state index contributed by atoms with van der Waals surface area (Å²) in [5.41, 5.74) is 2.72. The molecule has 0 radical (unpaired) electrons. The Bertz CT molecular complexity index is 644. The molecule has 0 aliphatic rings. The number of carbonyl (C=O) groups excluding carboxylic acids is 1. The van der Waals surface area contributed by atoms with Gasteiger partial charge in [-0.2, -0.15) is 5.26 Å². The Morgan fingerprint density at radius 1 is 1.14 bits per heavy atom. The van der Waals surface area contributed by atoms with Crippen LogP contribution in [0.25, 0.3) is 0 Å².